The zero-order valence-electron chi connectivity index (χ0n) is 16.7. The maximum absolute atomic E-state index is 12.3. The number of anilines is 1. The maximum atomic E-state index is 12.3. The van der Waals surface area contributed by atoms with Gasteiger partial charge in [0.2, 0.25) is 5.91 Å². The van der Waals surface area contributed by atoms with Crippen LogP contribution in [0.5, 0.6) is 0 Å². The Morgan fingerprint density at radius 2 is 1.93 bits per heavy atom. The molecule has 1 aliphatic rings. The average Bonchev–Trinajstić information content (AvgIpc) is 3.14. The lowest BCUT2D eigenvalue weighted by Crippen LogP contribution is -2.24. The molecule has 0 aliphatic heterocycles. The van der Waals surface area contributed by atoms with Crippen molar-refractivity contribution in [2.45, 2.75) is 45.6 Å². The van der Waals surface area contributed by atoms with Crippen LogP contribution in [0.3, 0.4) is 0 Å². The van der Waals surface area contributed by atoms with Gasteiger partial charge in [-0.3, -0.25) is 14.0 Å². The number of rotatable bonds is 5. The summed E-state index contributed by atoms with van der Waals surface area (Å²) in [6.45, 7) is 1.76. The second-order valence-electron chi connectivity index (χ2n) is 7.56. The molecule has 1 amide bonds. The summed E-state index contributed by atoms with van der Waals surface area (Å²) in [4.78, 5) is 41.8. The summed E-state index contributed by atoms with van der Waals surface area (Å²) in [5, 5.41) is 4.78. The molecule has 30 heavy (non-hydrogen) atoms. The number of esters is 1. The second kappa shape index (κ2) is 8.79. The third-order valence-electron chi connectivity index (χ3n) is 5.34. The molecule has 0 bridgehead atoms. The third-order valence-corrected chi connectivity index (χ3v) is 6.29. The summed E-state index contributed by atoms with van der Waals surface area (Å²) in [7, 11) is 0. The number of carbonyl (C=O) groups excluding carboxylic acids is 2. The fraction of sp³-hybridized carbons (Fsp3) is 0.364. The highest BCUT2D eigenvalue weighted by molar-refractivity contribution is 7.15. The zero-order valence-corrected chi connectivity index (χ0v) is 17.5. The van der Waals surface area contributed by atoms with Crippen LogP contribution in [-0.4, -0.2) is 21.3 Å². The van der Waals surface area contributed by atoms with Crippen molar-refractivity contribution in [3.8, 4) is 0 Å². The van der Waals surface area contributed by atoms with Crippen molar-refractivity contribution in [3.05, 3.63) is 63.0 Å². The van der Waals surface area contributed by atoms with Crippen LogP contribution in [0.2, 0.25) is 0 Å². The van der Waals surface area contributed by atoms with Crippen LogP contribution in [0.25, 0.3) is 4.96 Å². The number of ether oxygens (including phenoxy) is 1. The number of nitrogens with one attached hydrogen (secondary N) is 1. The Bertz CT molecular complexity index is 1130. The van der Waals surface area contributed by atoms with Gasteiger partial charge in [0.25, 0.3) is 5.56 Å². The number of amides is 1. The summed E-state index contributed by atoms with van der Waals surface area (Å²) in [5.74, 6) is -0.393. The molecule has 1 N–H and O–H groups in total. The number of aryl methyl sites for hydroxylation is 1. The van der Waals surface area contributed by atoms with E-state index in [1.807, 2.05) is 12.3 Å². The van der Waals surface area contributed by atoms with E-state index >= 15 is 0 Å². The van der Waals surface area contributed by atoms with Gasteiger partial charge >= 0.3 is 5.97 Å². The lowest BCUT2D eigenvalue weighted by atomic mass is 9.88. The fourth-order valence-corrected chi connectivity index (χ4v) is 4.59. The number of benzene rings is 1. The van der Waals surface area contributed by atoms with Crippen molar-refractivity contribution in [2.24, 2.45) is 5.92 Å². The van der Waals surface area contributed by atoms with E-state index in [-0.39, 0.29) is 24.0 Å². The SMILES string of the molecule is Cc1csc2nc(COC(=O)c3ccc(NC(=O)C4CCCCC4)cc3)cc(=O)n12. The van der Waals surface area contributed by atoms with E-state index in [1.54, 1.807) is 24.3 Å². The van der Waals surface area contributed by atoms with Gasteiger partial charge in [-0.2, -0.15) is 0 Å². The van der Waals surface area contributed by atoms with Crippen molar-refractivity contribution >= 4 is 33.9 Å². The standard InChI is InChI=1S/C22H23N3O4S/c1-14-13-30-22-24-18(11-19(26)25(14)22)12-29-21(28)16-7-9-17(10-8-16)23-20(27)15-5-3-2-4-6-15/h7-11,13,15H,2-6,12H2,1H3,(H,23,27). The Morgan fingerprint density at radius 3 is 2.67 bits per heavy atom. The van der Waals surface area contributed by atoms with E-state index in [0.29, 0.717) is 21.9 Å². The van der Waals surface area contributed by atoms with Crippen LogP contribution in [0.1, 0.15) is 53.8 Å². The number of nitrogens with zero attached hydrogens (tertiary/aromatic N) is 2. The molecule has 0 radical (unpaired) electrons. The minimum Gasteiger partial charge on any atom is -0.456 e. The summed E-state index contributed by atoms with van der Waals surface area (Å²) < 4.78 is 6.83. The maximum Gasteiger partial charge on any atom is 0.338 e. The van der Waals surface area contributed by atoms with Gasteiger partial charge in [0.05, 0.1) is 11.3 Å². The van der Waals surface area contributed by atoms with Gasteiger partial charge in [0, 0.05) is 28.7 Å². The molecule has 7 nitrogen and oxygen atoms in total. The Morgan fingerprint density at radius 1 is 1.20 bits per heavy atom. The molecular formula is C22H23N3O4S. The zero-order chi connectivity index (χ0) is 21.1. The molecule has 0 saturated heterocycles. The van der Waals surface area contributed by atoms with Crippen LogP contribution >= 0.6 is 11.3 Å². The Kier molecular flexibility index (Phi) is 5.94. The average molecular weight is 426 g/mol. The molecule has 2 heterocycles. The van der Waals surface area contributed by atoms with E-state index in [9.17, 15) is 14.4 Å². The summed E-state index contributed by atoms with van der Waals surface area (Å²) in [6, 6.07) is 8.01. The summed E-state index contributed by atoms with van der Waals surface area (Å²) in [6.07, 6.45) is 5.27. The Hall–Kier alpha value is -3.00. The first-order valence-corrected chi connectivity index (χ1v) is 10.9. The highest BCUT2D eigenvalue weighted by Gasteiger charge is 2.21. The lowest BCUT2D eigenvalue weighted by molar-refractivity contribution is -0.120. The van der Waals surface area contributed by atoms with E-state index < -0.39 is 5.97 Å². The number of fused-ring (bicyclic) bond motifs is 1. The normalized spacial score (nSPS) is 14.6. The van der Waals surface area contributed by atoms with E-state index in [0.717, 1.165) is 31.4 Å². The first-order valence-electron chi connectivity index (χ1n) is 10.1. The van der Waals surface area contributed by atoms with Gasteiger partial charge in [-0.1, -0.05) is 19.3 Å². The highest BCUT2D eigenvalue weighted by Crippen LogP contribution is 2.25. The van der Waals surface area contributed by atoms with Crippen molar-refractivity contribution in [1.29, 1.82) is 0 Å². The summed E-state index contributed by atoms with van der Waals surface area (Å²) >= 11 is 1.37. The smallest absolute Gasteiger partial charge is 0.338 e. The van der Waals surface area contributed by atoms with Gasteiger partial charge in [0.15, 0.2) is 4.96 Å². The Balaban J connectivity index is 1.36. The number of hydrogen-bond donors (Lipinski definition) is 1. The molecule has 1 aromatic carbocycles. The number of aromatic nitrogens is 2. The van der Waals surface area contributed by atoms with Crippen LogP contribution in [0.15, 0.2) is 40.5 Å². The number of carbonyl (C=O) groups is 2. The third kappa shape index (κ3) is 4.43. The molecule has 0 atom stereocenters. The van der Waals surface area contributed by atoms with Gasteiger partial charge in [-0.05, 0) is 44.0 Å². The largest absolute Gasteiger partial charge is 0.456 e. The fourth-order valence-electron chi connectivity index (χ4n) is 3.70. The van der Waals surface area contributed by atoms with E-state index in [1.165, 1.54) is 28.2 Å². The molecule has 3 aromatic rings. The van der Waals surface area contributed by atoms with Gasteiger partial charge in [0.1, 0.15) is 6.61 Å². The van der Waals surface area contributed by atoms with Gasteiger partial charge < -0.3 is 10.1 Å². The molecule has 0 unspecified atom stereocenters. The lowest BCUT2D eigenvalue weighted by Gasteiger charge is -2.20. The molecule has 156 valence electrons. The first-order chi connectivity index (χ1) is 14.5. The van der Waals surface area contributed by atoms with Gasteiger partial charge in [-0.15, -0.1) is 11.3 Å². The van der Waals surface area contributed by atoms with Crippen molar-refractivity contribution in [1.82, 2.24) is 9.38 Å². The summed E-state index contributed by atoms with van der Waals surface area (Å²) in [5.41, 5.74) is 2.08. The van der Waals surface area contributed by atoms with Crippen molar-refractivity contribution in [2.75, 3.05) is 5.32 Å². The first kappa shape index (κ1) is 20.3. The molecule has 0 spiro atoms. The Labute approximate surface area is 177 Å². The topological polar surface area (TPSA) is 89.8 Å². The minimum absolute atomic E-state index is 0.0431. The van der Waals surface area contributed by atoms with Crippen LogP contribution < -0.4 is 10.9 Å². The monoisotopic (exact) mass is 425 g/mol. The molecule has 1 saturated carbocycles. The van der Waals surface area contributed by atoms with Crippen molar-refractivity contribution < 1.29 is 14.3 Å². The quantitative estimate of drug-likeness (QED) is 0.626. The molecule has 4 rings (SSSR count). The van der Waals surface area contributed by atoms with E-state index in [4.69, 9.17) is 4.74 Å². The molecule has 1 aliphatic carbocycles. The second-order valence-corrected chi connectivity index (χ2v) is 8.40. The molecule has 8 heteroatoms. The van der Waals surface area contributed by atoms with E-state index in [2.05, 4.69) is 10.3 Å². The van der Waals surface area contributed by atoms with Crippen LogP contribution in [0.4, 0.5) is 5.69 Å². The molecule has 2 aromatic heterocycles. The minimum atomic E-state index is -0.510. The number of hydrogen-bond acceptors (Lipinski definition) is 6. The molecular weight excluding hydrogens is 402 g/mol. The number of thiazole rings is 1. The predicted octanol–water partition coefficient (Wildman–Crippen LogP) is 3.94. The van der Waals surface area contributed by atoms with Crippen molar-refractivity contribution in [3.63, 3.8) is 0 Å². The van der Waals surface area contributed by atoms with Crippen LogP contribution in [0, 0.1) is 12.8 Å². The molecule has 1 fully saturated rings. The van der Waals surface area contributed by atoms with Gasteiger partial charge in [-0.25, -0.2) is 9.78 Å². The van der Waals surface area contributed by atoms with Crippen LogP contribution in [-0.2, 0) is 16.1 Å². The highest BCUT2D eigenvalue weighted by atomic mass is 32.1. The predicted molar refractivity (Wildman–Crippen MR) is 115 cm³/mol.